The summed E-state index contributed by atoms with van der Waals surface area (Å²) in [7, 11) is 3.23. The summed E-state index contributed by atoms with van der Waals surface area (Å²) in [4.78, 5) is 17.8. The molecule has 0 aromatic heterocycles. The van der Waals surface area contributed by atoms with E-state index in [0.717, 1.165) is 74.4 Å². The topological polar surface area (TPSA) is 77.3 Å². The van der Waals surface area contributed by atoms with Crippen LogP contribution in [0.1, 0.15) is 35.2 Å². The zero-order valence-electron chi connectivity index (χ0n) is 19.4. The molecule has 1 amide bonds. The molecule has 0 saturated carbocycles. The number of methoxy groups -OCH3 is 2. The number of piperidine rings is 1. The van der Waals surface area contributed by atoms with Gasteiger partial charge in [-0.2, -0.15) is 0 Å². The van der Waals surface area contributed by atoms with Crippen LogP contribution in [0.5, 0.6) is 17.2 Å². The van der Waals surface area contributed by atoms with Gasteiger partial charge in [0, 0.05) is 36.9 Å². The number of carbonyl (C=O) groups is 1. The highest BCUT2D eigenvalue weighted by Crippen LogP contribution is 2.34. The second kappa shape index (κ2) is 11.5. The number of amides is 1. The summed E-state index contributed by atoms with van der Waals surface area (Å²) in [6.07, 6.45) is 3.94. The van der Waals surface area contributed by atoms with Crippen molar-refractivity contribution in [2.75, 3.05) is 52.7 Å². The highest BCUT2D eigenvalue weighted by Gasteiger charge is 2.33. The first-order valence-electron chi connectivity index (χ1n) is 11.4. The third kappa shape index (κ3) is 5.84. The van der Waals surface area contributed by atoms with Gasteiger partial charge in [0.25, 0.3) is 5.91 Å². The van der Waals surface area contributed by atoms with Crippen LogP contribution in [0.2, 0.25) is 0 Å². The summed E-state index contributed by atoms with van der Waals surface area (Å²) in [6.45, 7) is 4.37. The molecule has 2 heterocycles. The molecule has 0 aliphatic carbocycles. The zero-order chi connectivity index (χ0) is 22.5. The molecule has 2 N–H and O–H groups in total. The van der Waals surface area contributed by atoms with Gasteiger partial charge < -0.3 is 29.7 Å². The fourth-order valence-electron chi connectivity index (χ4n) is 4.70. The third-order valence-corrected chi connectivity index (χ3v) is 6.41. The lowest BCUT2D eigenvalue weighted by molar-refractivity contribution is 0.0517. The zero-order valence-corrected chi connectivity index (χ0v) is 20.2. The van der Waals surface area contributed by atoms with E-state index in [2.05, 4.69) is 9.80 Å². The number of hydrogen-bond acceptors (Lipinski definition) is 6. The largest absolute Gasteiger partial charge is 0.494 e. The number of nitrogens with two attached hydrogens (primary N) is 1. The van der Waals surface area contributed by atoms with E-state index in [0.29, 0.717) is 18.1 Å². The molecule has 0 spiro atoms. The Balaban J connectivity index is 0.00000306. The molecule has 1 fully saturated rings. The molecule has 2 aromatic carbocycles. The number of hydrogen-bond donors (Lipinski definition) is 1. The van der Waals surface area contributed by atoms with Crippen LogP contribution in [0.15, 0.2) is 36.4 Å². The smallest absolute Gasteiger partial charge is 0.254 e. The number of carbonyl (C=O) groups excluding carboxylic acids is 1. The number of likely N-dealkylation sites (tertiary alicyclic amines) is 1. The monoisotopic (exact) mass is 475 g/mol. The van der Waals surface area contributed by atoms with Crippen molar-refractivity contribution in [2.24, 2.45) is 0 Å². The molecule has 2 aliphatic rings. The summed E-state index contributed by atoms with van der Waals surface area (Å²) >= 11 is 0. The average Bonchev–Trinajstić information content (AvgIpc) is 2.82. The van der Waals surface area contributed by atoms with Crippen molar-refractivity contribution in [1.82, 2.24) is 9.80 Å². The molecule has 33 heavy (non-hydrogen) atoms. The highest BCUT2D eigenvalue weighted by molar-refractivity contribution is 5.97. The normalized spacial score (nSPS) is 18.3. The van der Waals surface area contributed by atoms with Gasteiger partial charge in [0.05, 0.1) is 20.8 Å². The van der Waals surface area contributed by atoms with E-state index in [4.69, 9.17) is 19.9 Å². The predicted molar refractivity (Wildman–Crippen MR) is 132 cm³/mol. The molecular formula is C25H34ClN3O4. The van der Waals surface area contributed by atoms with Crippen molar-refractivity contribution in [2.45, 2.75) is 31.7 Å². The lowest BCUT2D eigenvalue weighted by Gasteiger charge is -2.41. The molecule has 180 valence electrons. The first kappa shape index (κ1) is 25.0. The van der Waals surface area contributed by atoms with Gasteiger partial charge in [-0.15, -0.1) is 12.4 Å². The fraction of sp³-hybridized carbons (Fsp3) is 0.480. The number of fused-ring (bicyclic) bond motifs is 1. The van der Waals surface area contributed by atoms with Crippen LogP contribution >= 0.6 is 12.4 Å². The Labute approximate surface area is 202 Å². The van der Waals surface area contributed by atoms with E-state index >= 15 is 0 Å². The van der Waals surface area contributed by atoms with Crippen molar-refractivity contribution in [3.63, 3.8) is 0 Å². The first-order valence-corrected chi connectivity index (χ1v) is 11.4. The van der Waals surface area contributed by atoms with Crippen LogP contribution in [0.25, 0.3) is 0 Å². The van der Waals surface area contributed by atoms with E-state index < -0.39 is 0 Å². The van der Waals surface area contributed by atoms with Gasteiger partial charge in [-0.1, -0.05) is 0 Å². The molecule has 8 heteroatoms. The second-order valence-corrected chi connectivity index (χ2v) is 8.48. The maximum Gasteiger partial charge on any atom is 0.254 e. The van der Waals surface area contributed by atoms with Gasteiger partial charge in [0.15, 0.2) is 11.5 Å². The molecule has 1 saturated heterocycles. The number of nitrogens with zero attached hydrogens (tertiary/aromatic N) is 2. The van der Waals surface area contributed by atoms with Crippen LogP contribution in [0.4, 0.5) is 5.69 Å². The Hall–Kier alpha value is -2.64. The third-order valence-electron chi connectivity index (χ3n) is 6.41. The average molecular weight is 476 g/mol. The van der Waals surface area contributed by atoms with Gasteiger partial charge in [0.1, 0.15) is 5.75 Å². The molecule has 1 unspecified atom stereocenters. The van der Waals surface area contributed by atoms with Crippen LogP contribution in [0.3, 0.4) is 0 Å². The molecule has 7 nitrogen and oxygen atoms in total. The summed E-state index contributed by atoms with van der Waals surface area (Å²) in [5.74, 6) is 2.23. The lowest BCUT2D eigenvalue weighted by Crippen LogP contribution is -2.52. The Kier molecular flexibility index (Phi) is 8.69. The van der Waals surface area contributed by atoms with Gasteiger partial charge in [-0.3, -0.25) is 4.79 Å². The summed E-state index contributed by atoms with van der Waals surface area (Å²) in [5.41, 5.74) is 8.23. The van der Waals surface area contributed by atoms with Crippen LogP contribution < -0.4 is 19.9 Å². The van der Waals surface area contributed by atoms with Crippen molar-refractivity contribution < 1.29 is 19.0 Å². The van der Waals surface area contributed by atoms with E-state index in [9.17, 15) is 4.79 Å². The summed E-state index contributed by atoms with van der Waals surface area (Å²) in [6, 6.07) is 11.5. The molecule has 4 rings (SSSR count). The minimum atomic E-state index is 0. The Morgan fingerprint density at radius 1 is 1.06 bits per heavy atom. The molecule has 2 aliphatic heterocycles. The van der Waals surface area contributed by atoms with E-state index in [1.165, 1.54) is 0 Å². The number of ether oxygens (including phenoxy) is 3. The number of halogens is 1. The number of rotatable bonds is 8. The van der Waals surface area contributed by atoms with E-state index in [-0.39, 0.29) is 24.4 Å². The number of anilines is 1. The quantitative estimate of drug-likeness (QED) is 0.464. The predicted octanol–water partition coefficient (Wildman–Crippen LogP) is 3.64. The molecule has 0 radical (unpaired) electrons. The van der Waals surface area contributed by atoms with Crippen molar-refractivity contribution in [3.05, 3.63) is 47.5 Å². The van der Waals surface area contributed by atoms with Crippen LogP contribution in [0, 0.1) is 0 Å². The molecule has 0 bridgehead atoms. The van der Waals surface area contributed by atoms with Crippen molar-refractivity contribution in [3.8, 4) is 17.2 Å². The van der Waals surface area contributed by atoms with Gasteiger partial charge in [-0.05, 0) is 74.2 Å². The Morgan fingerprint density at radius 3 is 2.52 bits per heavy atom. The maximum absolute atomic E-state index is 13.3. The van der Waals surface area contributed by atoms with E-state index in [1.54, 1.807) is 14.2 Å². The summed E-state index contributed by atoms with van der Waals surface area (Å²) < 4.78 is 16.6. The number of nitrogen functional groups attached to an aromatic ring is 1. The standard InChI is InChI=1S/C25H33N3O4.ClH/c1-30-23-15-18-10-13-28(25(29)22(18)16-24(23)31-2)20-5-3-11-27(17-20)12-4-14-32-21-8-6-19(26)7-9-21;/h6-9,15-16,20H,3-5,10-14,17,26H2,1-2H3;1H. The first-order chi connectivity index (χ1) is 15.6. The summed E-state index contributed by atoms with van der Waals surface area (Å²) in [5, 5.41) is 0. The fourth-order valence-corrected chi connectivity index (χ4v) is 4.70. The van der Waals surface area contributed by atoms with Crippen molar-refractivity contribution in [1.29, 1.82) is 0 Å². The SMILES string of the molecule is COc1cc2c(cc1OC)C(=O)N(C1CCCN(CCCOc3ccc(N)cc3)C1)CC2.Cl. The van der Waals surface area contributed by atoms with Gasteiger partial charge in [-0.25, -0.2) is 0 Å². The second-order valence-electron chi connectivity index (χ2n) is 8.48. The van der Waals surface area contributed by atoms with Crippen molar-refractivity contribution >= 4 is 24.0 Å². The van der Waals surface area contributed by atoms with Crippen LogP contribution in [-0.2, 0) is 6.42 Å². The van der Waals surface area contributed by atoms with Gasteiger partial charge >= 0.3 is 0 Å². The highest BCUT2D eigenvalue weighted by atomic mass is 35.5. The molecular weight excluding hydrogens is 442 g/mol. The number of benzene rings is 2. The van der Waals surface area contributed by atoms with E-state index in [1.807, 2.05) is 36.4 Å². The minimum absolute atomic E-state index is 0. The molecule has 2 aromatic rings. The maximum atomic E-state index is 13.3. The lowest BCUT2D eigenvalue weighted by atomic mass is 9.94. The van der Waals surface area contributed by atoms with Gasteiger partial charge in [0.2, 0.25) is 0 Å². The minimum Gasteiger partial charge on any atom is -0.494 e. The Bertz CT molecular complexity index is 938. The Morgan fingerprint density at radius 2 is 1.79 bits per heavy atom. The van der Waals surface area contributed by atoms with Crippen LogP contribution in [-0.4, -0.2) is 68.8 Å². The molecule has 1 atom stereocenters.